The second kappa shape index (κ2) is 3.84. The molecular weight excluding hydrogens is 363 g/mol. The van der Waals surface area contributed by atoms with Gasteiger partial charge in [-0.1, -0.05) is 0 Å². The van der Waals surface area contributed by atoms with E-state index in [-0.39, 0.29) is 6.61 Å². The summed E-state index contributed by atoms with van der Waals surface area (Å²) in [5.74, 6) is 0. The Labute approximate surface area is 102 Å². The highest BCUT2D eigenvalue weighted by Crippen LogP contribution is 2.34. The van der Waals surface area contributed by atoms with Crippen LogP contribution in [-0.2, 0) is 6.61 Å². The van der Waals surface area contributed by atoms with Crippen LogP contribution in [0.3, 0.4) is 0 Å². The van der Waals surface area contributed by atoms with Crippen molar-refractivity contribution in [3.8, 4) is 0 Å². The average Bonchev–Trinajstić information content (AvgIpc) is 2.49. The van der Waals surface area contributed by atoms with Crippen LogP contribution in [-0.4, -0.2) is 5.11 Å². The van der Waals surface area contributed by atoms with Gasteiger partial charge in [0.25, 0.3) is 0 Å². The van der Waals surface area contributed by atoms with Crippen LogP contribution in [0, 0.1) is 3.57 Å². The van der Waals surface area contributed by atoms with Gasteiger partial charge in [-0.25, -0.2) is 0 Å². The van der Waals surface area contributed by atoms with Crippen LogP contribution < -0.4 is 0 Å². The van der Waals surface area contributed by atoms with Crippen LogP contribution >= 0.6 is 49.9 Å². The predicted octanol–water partition coefficient (Wildman–Crippen LogP) is 3.76. The van der Waals surface area contributed by atoms with Gasteiger partial charge in [0.2, 0.25) is 0 Å². The number of hydrogen-bond acceptors (Lipinski definition) is 2. The molecular formula is C9H6BrIOS. The lowest BCUT2D eigenvalue weighted by atomic mass is 10.1. The van der Waals surface area contributed by atoms with Crippen LogP contribution in [0.25, 0.3) is 10.1 Å². The number of aliphatic hydroxyl groups is 1. The molecule has 0 aliphatic rings. The molecule has 0 unspecified atom stereocenters. The van der Waals surface area contributed by atoms with Gasteiger partial charge in [0.05, 0.1) is 6.61 Å². The van der Waals surface area contributed by atoms with Crippen LogP contribution in [0.5, 0.6) is 0 Å². The van der Waals surface area contributed by atoms with E-state index in [0.717, 1.165) is 19.0 Å². The third-order valence-electron chi connectivity index (χ3n) is 1.90. The Balaban J connectivity index is 2.88. The molecule has 0 radical (unpaired) electrons. The lowest BCUT2D eigenvalue weighted by Gasteiger charge is -2.02. The number of halogens is 2. The summed E-state index contributed by atoms with van der Waals surface area (Å²) in [6.07, 6.45) is 0. The highest BCUT2D eigenvalue weighted by atomic mass is 127. The Bertz CT molecular complexity index is 452. The Morgan fingerprint density at radius 3 is 2.92 bits per heavy atom. The fraction of sp³-hybridized carbons (Fsp3) is 0.111. The molecule has 0 atom stereocenters. The summed E-state index contributed by atoms with van der Waals surface area (Å²) < 4.78 is 3.41. The van der Waals surface area contributed by atoms with Gasteiger partial charge in [-0.05, 0) is 50.7 Å². The molecule has 1 heterocycles. The molecule has 0 aliphatic heterocycles. The summed E-state index contributed by atoms with van der Waals surface area (Å²) in [6, 6.07) is 4.13. The fourth-order valence-corrected chi connectivity index (χ4v) is 3.62. The molecule has 2 aromatic rings. The minimum atomic E-state index is 0.102. The average molecular weight is 369 g/mol. The third kappa shape index (κ3) is 1.65. The number of thiophene rings is 1. The van der Waals surface area contributed by atoms with Crippen molar-refractivity contribution in [1.29, 1.82) is 0 Å². The van der Waals surface area contributed by atoms with Gasteiger partial charge in [0, 0.05) is 29.1 Å². The minimum absolute atomic E-state index is 0.102. The number of rotatable bonds is 1. The van der Waals surface area contributed by atoms with E-state index in [4.69, 9.17) is 0 Å². The summed E-state index contributed by atoms with van der Waals surface area (Å²) in [5.41, 5.74) is 1.02. The van der Waals surface area contributed by atoms with E-state index in [1.807, 2.05) is 6.07 Å². The first-order chi connectivity index (χ1) is 6.24. The standard InChI is InChI=1S/C9H6BrIOS/c10-6-4-13-8-2-1-7(11)5(3-12)9(6)8/h1-2,4,12H,3H2. The third-order valence-corrected chi connectivity index (χ3v) is 4.79. The number of fused-ring (bicyclic) bond motifs is 1. The van der Waals surface area contributed by atoms with E-state index in [0.29, 0.717) is 0 Å². The summed E-state index contributed by atoms with van der Waals surface area (Å²) in [6.45, 7) is 0.102. The molecule has 0 saturated carbocycles. The monoisotopic (exact) mass is 368 g/mol. The van der Waals surface area contributed by atoms with Crippen molar-refractivity contribution < 1.29 is 5.11 Å². The van der Waals surface area contributed by atoms with Crippen molar-refractivity contribution in [2.24, 2.45) is 0 Å². The largest absolute Gasteiger partial charge is 0.392 e. The van der Waals surface area contributed by atoms with E-state index in [2.05, 4.69) is 50.0 Å². The van der Waals surface area contributed by atoms with Gasteiger partial charge in [-0.2, -0.15) is 0 Å². The summed E-state index contributed by atoms with van der Waals surface area (Å²) >= 11 is 7.43. The smallest absolute Gasteiger partial charge is 0.0698 e. The van der Waals surface area contributed by atoms with Crippen molar-refractivity contribution in [3.05, 3.63) is 31.1 Å². The van der Waals surface area contributed by atoms with Gasteiger partial charge in [0.1, 0.15) is 0 Å². The Kier molecular flexibility index (Phi) is 2.92. The molecule has 13 heavy (non-hydrogen) atoms. The zero-order chi connectivity index (χ0) is 9.42. The normalized spacial score (nSPS) is 11.0. The topological polar surface area (TPSA) is 20.2 Å². The van der Waals surface area contributed by atoms with E-state index in [1.54, 1.807) is 11.3 Å². The van der Waals surface area contributed by atoms with Crippen molar-refractivity contribution >= 4 is 59.9 Å². The van der Waals surface area contributed by atoms with Crippen molar-refractivity contribution in [3.63, 3.8) is 0 Å². The van der Waals surface area contributed by atoms with Crippen LogP contribution in [0.4, 0.5) is 0 Å². The highest BCUT2D eigenvalue weighted by molar-refractivity contribution is 14.1. The summed E-state index contributed by atoms with van der Waals surface area (Å²) in [7, 11) is 0. The first kappa shape index (κ1) is 9.89. The molecule has 2 rings (SSSR count). The van der Waals surface area contributed by atoms with E-state index >= 15 is 0 Å². The molecule has 1 aromatic carbocycles. The molecule has 4 heteroatoms. The minimum Gasteiger partial charge on any atom is -0.392 e. The molecule has 68 valence electrons. The van der Waals surface area contributed by atoms with Gasteiger partial charge in [-0.15, -0.1) is 11.3 Å². The van der Waals surface area contributed by atoms with Crippen molar-refractivity contribution in [2.75, 3.05) is 0 Å². The first-order valence-electron chi connectivity index (χ1n) is 3.69. The molecule has 0 spiro atoms. The Hall–Kier alpha value is 0.350. The fourth-order valence-electron chi connectivity index (χ4n) is 1.29. The molecule has 0 saturated heterocycles. The quantitative estimate of drug-likeness (QED) is 0.760. The lowest BCUT2D eigenvalue weighted by Crippen LogP contribution is -1.88. The second-order valence-electron chi connectivity index (χ2n) is 2.64. The predicted molar refractivity (Wildman–Crippen MR) is 68.2 cm³/mol. The number of aliphatic hydroxyl groups excluding tert-OH is 1. The lowest BCUT2D eigenvalue weighted by molar-refractivity contribution is 0.282. The van der Waals surface area contributed by atoms with Gasteiger partial charge >= 0.3 is 0 Å². The van der Waals surface area contributed by atoms with Gasteiger partial charge < -0.3 is 5.11 Å². The molecule has 0 amide bonds. The Morgan fingerprint density at radius 2 is 2.23 bits per heavy atom. The molecule has 1 aromatic heterocycles. The SMILES string of the molecule is OCc1c(I)ccc2scc(Br)c12. The second-order valence-corrected chi connectivity index (χ2v) is 5.57. The molecule has 0 bridgehead atoms. The highest BCUT2D eigenvalue weighted by Gasteiger charge is 2.09. The first-order valence-corrected chi connectivity index (χ1v) is 6.44. The van der Waals surface area contributed by atoms with Crippen LogP contribution in [0.1, 0.15) is 5.56 Å². The Morgan fingerprint density at radius 1 is 1.46 bits per heavy atom. The number of benzene rings is 1. The summed E-state index contributed by atoms with van der Waals surface area (Å²) in [5, 5.41) is 12.4. The van der Waals surface area contributed by atoms with Crippen LogP contribution in [0.2, 0.25) is 0 Å². The molecule has 0 aliphatic carbocycles. The zero-order valence-corrected chi connectivity index (χ0v) is 11.1. The van der Waals surface area contributed by atoms with Gasteiger partial charge in [-0.3, -0.25) is 0 Å². The van der Waals surface area contributed by atoms with E-state index in [1.165, 1.54) is 4.70 Å². The maximum atomic E-state index is 9.24. The van der Waals surface area contributed by atoms with Crippen LogP contribution in [0.15, 0.2) is 22.0 Å². The van der Waals surface area contributed by atoms with Gasteiger partial charge in [0.15, 0.2) is 0 Å². The van der Waals surface area contributed by atoms with E-state index < -0.39 is 0 Å². The van der Waals surface area contributed by atoms with E-state index in [9.17, 15) is 5.11 Å². The molecule has 0 fully saturated rings. The molecule has 1 nitrogen and oxygen atoms in total. The molecule has 1 N–H and O–H groups in total. The van der Waals surface area contributed by atoms with Crippen molar-refractivity contribution in [1.82, 2.24) is 0 Å². The number of hydrogen-bond donors (Lipinski definition) is 1. The van der Waals surface area contributed by atoms with Crippen molar-refractivity contribution in [2.45, 2.75) is 6.61 Å². The summed E-state index contributed by atoms with van der Waals surface area (Å²) in [4.78, 5) is 0. The zero-order valence-electron chi connectivity index (χ0n) is 6.55. The maximum Gasteiger partial charge on any atom is 0.0698 e. The maximum absolute atomic E-state index is 9.24.